The number of unbranched alkanes of at least 4 members (excludes halogenated alkanes) is 1. The third kappa shape index (κ3) is 7.97. The summed E-state index contributed by atoms with van der Waals surface area (Å²) < 4.78 is 23.4. The van der Waals surface area contributed by atoms with Gasteiger partial charge in [0.15, 0.2) is 0 Å². The van der Waals surface area contributed by atoms with Crippen LogP contribution >= 0.6 is 12.4 Å². The average Bonchev–Trinajstić information content (AvgIpc) is 1.88. The summed E-state index contributed by atoms with van der Waals surface area (Å²) in [4.78, 5) is 0. The van der Waals surface area contributed by atoms with Crippen molar-refractivity contribution in [2.24, 2.45) is 11.5 Å². The van der Waals surface area contributed by atoms with Gasteiger partial charge in [0.2, 0.25) is 0 Å². The highest BCUT2D eigenvalue weighted by molar-refractivity contribution is 5.85. The Morgan fingerprint density at radius 1 is 1.18 bits per heavy atom. The standard InChI is InChI=1S/C6H14F2N2.ClH/c7-6(8)5(10)3-1-2-4-9;/h5-6H,1-4,9-10H2;1H. The van der Waals surface area contributed by atoms with Crippen LogP contribution in [0, 0.1) is 0 Å². The Morgan fingerprint density at radius 2 is 1.73 bits per heavy atom. The van der Waals surface area contributed by atoms with E-state index in [0.717, 1.165) is 6.42 Å². The Labute approximate surface area is 71.7 Å². The van der Waals surface area contributed by atoms with Crippen LogP contribution in [0.25, 0.3) is 0 Å². The molecule has 5 heteroatoms. The lowest BCUT2D eigenvalue weighted by Crippen LogP contribution is -2.28. The summed E-state index contributed by atoms with van der Waals surface area (Å²) in [6.45, 7) is 0.552. The van der Waals surface area contributed by atoms with Gasteiger partial charge in [0.05, 0.1) is 6.04 Å². The fourth-order valence-electron chi connectivity index (χ4n) is 0.650. The van der Waals surface area contributed by atoms with Crippen molar-refractivity contribution in [2.45, 2.75) is 31.7 Å². The molecule has 0 heterocycles. The van der Waals surface area contributed by atoms with Crippen molar-refractivity contribution >= 4 is 12.4 Å². The molecule has 0 rings (SSSR count). The van der Waals surface area contributed by atoms with Gasteiger partial charge >= 0.3 is 0 Å². The zero-order valence-electron chi connectivity index (χ0n) is 6.30. The minimum Gasteiger partial charge on any atom is -0.330 e. The Balaban J connectivity index is 0. The van der Waals surface area contributed by atoms with Gasteiger partial charge in [-0.3, -0.25) is 0 Å². The van der Waals surface area contributed by atoms with E-state index in [-0.39, 0.29) is 12.4 Å². The van der Waals surface area contributed by atoms with Crippen molar-refractivity contribution in [3.8, 4) is 0 Å². The maximum absolute atomic E-state index is 11.7. The fraction of sp³-hybridized carbons (Fsp3) is 1.00. The zero-order chi connectivity index (χ0) is 7.98. The van der Waals surface area contributed by atoms with E-state index in [1.807, 2.05) is 0 Å². The maximum atomic E-state index is 11.7. The third-order valence-corrected chi connectivity index (χ3v) is 1.32. The summed E-state index contributed by atoms with van der Waals surface area (Å²) in [5, 5.41) is 0. The molecular weight excluding hydrogens is 174 g/mol. The summed E-state index contributed by atoms with van der Waals surface area (Å²) in [6, 6.07) is -0.966. The number of hydrogen-bond acceptors (Lipinski definition) is 2. The molecule has 0 saturated carbocycles. The predicted octanol–water partition coefficient (Wildman–Crippen LogP) is 1.13. The van der Waals surface area contributed by atoms with Crippen LogP contribution in [0.15, 0.2) is 0 Å². The van der Waals surface area contributed by atoms with Crippen LogP contribution in [-0.4, -0.2) is 19.0 Å². The lowest BCUT2D eigenvalue weighted by molar-refractivity contribution is 0.111. The first-order valence-corrected chi connectivity index (χ1v) is 3.42. The summed E-state index contributed by atoms with van der Waals surface area (Å²) in [5.74, 6) is 0. The molecule has 11 heavy (non-hydrogen) atoms. The topological polar surface area (TPSA) is 52.0 Å². The van der Waals surface area contributed by atoms with Crippen LogP contribution in [0.3, 0.4) is 0 Å². The monoisotopic (exact) mass is 188 g/mol. The molecule has 0 amide bonds. The van der Waals surface area contributed by atoms with Crippen molar-refractivity contribution in [1.29, 1.82) is 0 Å². The molecule has 0 bridgehead atoms. The highest BCUT2D eigenvalue weighted by atomic mass is 35.5. The molecule has 0 aliphatic heterocycles. The second-order valence-corrected chi connectivity index (χ2v) is 2.28. The highest BCUT2D eigenvalue weighted by Gasteiger charge is 2.13. The molecule has 0 radical (unpaired) electrons. The van der Waals surface area contributed by atoms with E-state index in [1.54, 1.807) is 0 Å². The Hall–Kier alpha value is 0.0700. The average molecular weight is 189 g/mol. The van der Waals surface area contributed by atoms with Gasteiger partial charge in [0, 0.05) is 0 Å². The minimum absolute atomic E-state index is 0. The fourth-order valence-corrected chi connectivity index (χ4v) is 0.650. The van der Waals surface area contributed by atoms with Gasteiger partial charge in [-0.15, -0.1) is 12.4 Å². The Morgan fingerprint density at radius 3 is 2.09 bits per heavy atom. The molecule has 0 spiro atoms. The molecule has 2 nitrogen and oxygen atoms in total. The maximum Gasteiger partial charge on any atom is 0.253 e. The molecule has 0 aliphatic carbocycles. The normalized spacial score (nSPS) is 12.8. The predicted molar refractivity (Wildman–Crippen MR) is 44.1 cm³/mol. The zero-order valence-corrected chi connectivity index (χ0v) is 7.12. The van der Waals surface area contributed by atoms with Crippen molar-refractivity contribution in [3.63, 3.8) is 0 Å². The second kappa shape index (κ2) is 8.17. The molecule has 4 N–H and O–H groups in total. The van der Waals surface area contributed by atoms with Crippen LogP contribution in [0.2, 0.25) is 0 Å². The van der Waals surface area contributed by atoms with Crippen molar-refractivity contribution < 1.29 is 8.78 Å². The summed E-state index contributed by atoms with van der Waals surface area (Å²) in [7, 11) is 0. The first-order chi connectivity index (χ1) is 4.68. The Kier molecular flexibility index (Phi) is 10.1. The van der Waals surface area contributed by atoms with Gasteiger partial charge in [-0.1, -0.05) is 6.42 Å². The van der Waals surface area contributed by atoms with Gasteiger partial charge < -0.3 is 11.5 Å². The molecule has 0 aromatic heterocycles. The number of nitrogens with two attached hydrogens (primary N) is 2. The SMILES string of the molecule is Cl.NCCCCC(N)C(F)F. The number of halogens is 3. The van der Waals surface area contributed by atoms with Gasteiger partial charge in [0.25, 0.3) is 6.43 Å². The van der Waals surface area contributed by atoms with Gasteiger partial charge in [-0.25, -0.2) is 8.78 Å². The first kappa shape index (κ1) is 13.6. The molecule has 0 aromatic rings. The van der Waals surface area contributed by atoms with E-state index in [0.29, 0.717) is 19.4 Å². The molecule has 0 saturated heterocycles. The van der Waals surface area contributed by atoms with Gasteiger partial charge in [0.1, 0.15) is 0 Å². The lowest BCUT2D eigenvalue weighted by Gasteiger charge is -2.08. The van der Waals surface area contributed by atoms with Crippen LogP contribution in [0.1, 0.15) is 19.3 Å². The van der Waals surface area contributed by atoms with Crippen molar-refractivity contribution in [1.82, 2.24) is 0 Å². The third-order valence-electron chi connectivity index (χ3n) is 1.32. The molecule has 1 unspecified atom stereocenters. The quantitative estimate of drug-likeness (QED) is 0.636. The van der Waals surface area contributed by atoms with E-state index in [4.69, 9.17) is 11.5 Å². The molecule has 0 aromatic carbocycles. The minimum atomic E-state index is -2.39. The van der Waals surface area contributed by atoms with Crippen LogP contribution < -0.4 is 11.5 Å². The molecule has 70 valence electrons. The smallest absolute Gasteiger partial charge is 0.253 e. The summed E-state index contributed by atoms with van der Waals surface area (Å²) in [5.41, 5.74) is 10.2. The van der Waals surface area contributed by atoms with E-state index in [2.05, 4.69) is 0 Å². The molecule has 0 fully saturated rings. The van der Waals surface area contributed by atoms with E-state index >= 15 is 0 Å². The summed E-state index contributed by atoms with van der Waals surface area (Å²) in [6.07, 6.45) is -0.546. The lowest BCUT2D eigenvalue weighted by atomic mass is 10.1. The van der Waals surface area contributed by atoms with Crippen molar-refractivity contribution in [3.05, 3.63) is 0 Å². The van der Waals surface area contributed by atoms with Gasteiger partial charge in [-0.05, 0) is 19.4 Å². The largest absolute Gasteiger partial charge is 0.330 e. The number of alkyl halides is 2. The number of rotatable bonds is 5. The molecule has 0 aliphatic rings. The van der Waals surface area contributed by atoms with Crippen LogP contribution in [0.5, 0.6) is 0 Å². The van der Waals surface area contributed by atoms with Gasteiger partial charge in [-0.2, -0.15) is 0 Å². The van der Waals surface area contributed by atoms with Crippen LogP contribution in [-0.2, 0) is 0 Å². The van der Waals surface area contributed by atoms with E-state index < -0.39 is 12.5 Å². The van der Waals surface area contributed by atoms with Crippen molar-refractivity contribution in [2.75, 3.05) is 6.54 Å². The van der Waals surface area contributed by atoms with E-state index in [1.165, 1.54) is 0 Å². The summed E-state index contributed by atoms with van der Waals surface area (Å²) >= 11 is 0. The molecule has 1 atom stereocenters. The first-order valence-electron chi connectivity index (χ1n) is 3.42. The molecular formula is C6H15ClF2N2. The van der Waals surface area contributed by atoms with E-state index in [9.17, 15) is 8.78 Å². The number of hydrogen-bond donors (Lipinski definition) is 2. The Bertz CT molecular complexity index is 83.0. The highest BCUT2D eigenvalue weighted by Crippen LogP contribution is 2.05. The second-order valence-electron chi connectivity index (χ2n) is 2.28. The van der Waals surface area contributed by atoms with Crippen LogP contribution in [0.4, 0.5) is 8.78 Å².